The van der Waals surface area contributed by atoms with Crippen LogP contribution in [0.25, 0.3) is 6.08 Å². The predicted molar refractivity (Wildman–Crippen MR) is 89.1 cm³/mol. The van der Waals surface area contributed by atoms with Crippen LogP contribution in [0.15, 0.2) is 24.3 Å². The van der Waals surface area contributed by atoms with E-state index in [-0.39, 0.29) is 24.1 Å². The van der Waals surface area contributed by atoms with E-state index in [9.17, 15) is 9.90 Å². The third-order valence-corrected chi connectivity index (χ3v) is 3.30. The smallest absolute Gasteiger partial charge is 0.244 e. The average Bonchev–Trinajstić information content (AvgIpc) is 2.49. The van der Waals surface area contributed by atoms with E-state index in [4.69, 9.17) is 10.5 Å². The number of rotatable bonds is 5. The summed E-state index contributed by atoms with van der Waals surface area (Å²) in [5.74, 6) is -0.0911. The van der Waals surface area contributed by atoms with Crippen LogP contribution in [0.4, 0.5) is 5.69 Å². The molecule has 6 nitrogen and oxygen atoms in total. The first-order valence-corrected chi connectivity index (χ1v) is 6.99. The van der Waals surface area contributed by atoms with Gasteiger partial charge in [-0.05, 0) is 24.3 Å². The van der Waals surface area contributed by atoms with Gasteiger partial charge >= 0.3 is 0 Å². The monoisotopic (exact) mass is 327 g/mol. The van der Waals surface area contributed by atoms with Crippen molar-refractivity contribution >= 4 is 30.1 Å². The van der Waals surface area contributed by atoms with Crippen LogP contribution in [-0.4, -0.2) is 55.3 Å². The maximum Gasteiger partial charge on any atom is 0.244 e. The van der Waals surface area contributed by atoms with E-state index >= 15 is 0 Å². The molecule has 1 saturated heterocycles. The molecule has 2 rings (SSSR count). The molecule has 0 atom stereocenters. The number of nitrogens with one attached hydrogen (secondary N) is 1. The Kier molecular flexibility index (Phi) is 7.73. The fourth-order valence-electron chi connectivity index (χ4n) is 2.09. The molecule has 1 amide bonds. The molecule has 0 bridgehead atoms. The highest BCUT2D eigenvalue weighted by molar-refractivity contribution is 5.92. The first kappa shape index (κ1) is 18.3. The summed E-state index contributed by atoms with van der Waals surface area (Å²) >= 11 is 0. The molecule has 0 spiro atoms. The molecule has 0 radical (unpaired) electrons. The van der Waals surface area contributed by atoms with Gasteiger partial charge in [-0.25, -0.2) is 0 Å². The Bertz CT molecular complexity index is 517. The second-order valence-electron chi connectivity index (χ2n) is 4.90. The molecule has 0 aliphatic carbocycles. The predicted octanol–water partition coefficient (Wildman–Crippen LogP) is 0.858. The quantitative estimate of drug-likeness (QED) is 0.424. The lowest BCUT2D eigenvalue weighted by Crippen LogP contribution is -2.41. The fourth-order valence-corrected chi connectivity index (χ4v) is 2.09. The minimum Gasteiger partial charge on any atom is -0.507 e. The highest BCUT2D eigenvalue weighted by atomic mass is 35.5. The minimum absolute atomic E-state index is 0. The second-order valence-corrected chi connectivity index (χ2v) is 4.90. The Morgan fingerprint density at radius 3 is 2.86 bits per heavy atom. The van der Waals surface area contributed by atoms with Crippen molar-refractivity contribution in [2.75, 3.05) is 45.1 Å². The van der Waals surface area contributed by atoms with Crippen LogP contribution in [0, 0.1) is 0 Å². The lowest BCUT2D eigenvalue weighted by molar-refractivity contribution is -0.116. The van der Waals surface area contributed by atoms with Crippen molar-refractivity contribution in [1.29, 1.82) is 0 Å². The van der Waals surface area contributed by atoms with Crippen molar-refractivity contribution in [1.82, 2.24) is 10.2 Å². The Labute approximate surface area is 136 Å². The SMILES string of the molecule is Cl.Nc1ccc(O)c(C=CC(=O)NCCN2CCOCC2)c1. The van der Waals surface area contributed by atoms with Gasteiger partial charge in [0, 0.05) is 43.5 Å². The summed E-state index contributed by atoms with van der Waals surface area (Å²) in [6, 6.07) is 4.73. The van der Waals surface area contributed by atoms with Gasteiger partial charge in [0.05, 0.1) is 13.2 Å². The molecule has 22 heavy (non-hydrogen) atoms. The third-order valence-electron chi connectivity index (χ3n) is 3.30. The standard InChI is InChI=1S/C15H21N3O3.ClH/c16-13-2-3-14(19)12(11-13)1-4-15(20)17-5-6-18-7-9-21-10-8-18;/h1-4,11,19H,5-10,16H2,(H,17,20);1H. The van der Waals surface area contributed by atoms with Crippen LogP contribution in [-0.2, 0) is 9.53 Å². The van der Waals surface area contributed by atoms with Gasteiger partial charge in [0.1, 0.15) is 5.75 Å². The van der Waals surface area contributed by atoms with Gasteiger partial charge in [-0.3, -0.25) is 9.69 Å². The molecular formula is C15H22ClN3O3. The molecule has 0 saturated carbocycles. The fraction of sp³-hybridized carbons (Fsp3) is 0.400. The molecule has 4 N–H and O–H groups in total. The third kappa shape index (κ3) is 5.93. The molecule has 1 aromatic rings. The number of hydrogen-bond acceptors (Lipinski definition) is 5. The van der Waals surface area contributed by atoms with Crippen molar-refractivity contribution < 1.29 is 14.6 Å². The number of benzene rings is 1. The number of hydrogen-bond donors (Lipinski definition) is 3. The van der Waals surface area contributed by atoms with Gasteiger partial charge in [0.25, 0.3) is 0 Å². The Morgan fingerprint density at radius 2 is 2.14 bits per heavy atom. The number of aromatic hydroxyl groups is 1. The van der Waals surface area contributed by atoms with Crippen molar-refractivity contribution in [3.63, 3.8) is 0 Å². The van der Waals surface area contributed by atoms with Gasteiger partial charge in [-0.15, -0.1) is 12.4 Å². The molecule has 0 unspecified atom stereocenters. The van der Waals surface area contributed by atoms with Gasteiger partial charge < -0.3 is 20.9 Å². The average molecular weight is 328 g/mol. The van der Waals surface area contributed by atoms with E-state index in [1.165, 1.54) is 12.1 Å². The molecule has 122 valence electrons. The number of nitrogen functional groups attached to an aromatic ring is 1. The molecule has 1 aromatic carbocycles. The van der Waals surface area contributed by atoms with Gasteiger partial charge in [0.15, 0.2) is 0 Å². The lowest BCUT2D eigenvalue weighted by atomic mass is 10.1. The van der Waals surface area contributed by atoms with Crippen LogP contribution in [0.5, 0.6) is 5.75 Å². The summed E-state index contributed by atoms with van der Waals surface area (Å²) in [4.78, 5) is 13.9. The van der Waals surface area contributed by atoms with E-state index in [1.54, 1.807) is 18.2 Å². The Hall–Kier alpha value is -1.76. The van der Waals surface area contributed by atoms with E-state index in [2.05, 4.69) is 10.2 Å². The lowest BCUT2D eigenvalue weighted by Gasteiger charge is -2.26. The number of nitrogens with two attached hydrogens (primary N) is 1. The molecular weight excluding hydrogens is 306 g/mol. The van der Waals surface area contributed by atoms with Gasteiger partial charge in [-0.1, -0.05) is 0 Å². The second kappa shape index (κ2) is 9.30. The number of morpholine rings is 1. The van der Waals surface area contributed by atoms with Crippen LogP contribution < -0.4 is 11.1 Å². The summed E-state index contributed by atoms with van der Waals surface area (Å²) in [5, 5.41) is 12.5. The number of anilines is 1. The van der Waals surface area contributed by atoms with Crippen LogP contribution in [0.3, 0.4) is 0 Å². The first-order valence-electron chi connectivity index (χ1n) is 6.99. The van der Waals surface area contributed by atoms with Gasteiger partial charge in [0.2, 0.25) is 5.91 Å². The van der Waals surface area contributed by atoms with Crippen LogP contribution >= 0.6 is 12.4 Å². The largest absolute Gasteiger partial charge is 0.507 e. The van der Waals surface area contributed by atoms with Crippen molar-refractivity contribution in [2.45, 2.75) is 0 Å². The minimum atomic E-state index is -0.190. The zero-order chi connectivity index (χ0) is 15.1. The molecule has 1 heterocycles. The van der Waals surface area contributed by atoms with Crippen molar-refractivity contribution in [3.8, 4) is 5.75 Å². The van der Waals surface area contributed by atoms with Gasteiger partial charge in [-0.2, -0.15) is 0 Å². The molecule has 0 aromatic heterocycles. The summed E-state index contributed by atoms with van der Waals surface area (Å²) in [7, 11) is 0. The number of carbonyl (C=O) groups excluding carboxylic acids is 1. The molecule has 1 fully saturated rings. The zero-order valence-corrected chi connectivity index (χ0v) is 13.1. The first-order chi connectivity index (χ1) is 10.1. The Morgan fingerprint density at radius 1 is 1.41 bits per heavy atom. The van der Waals surface area contributed by atoms with Crippen molar-refractivity contribution in [2.24, 2.45) is 0 Å². The summed E-state index contributed by atoms with van der Waals surface area (Å²) in [6.07, 6.45) is 2.95. The number of phenolic OH excluding ortho intramolecular Hbond substituents is 1. The summed E-state index contributed by atoms with van der Waals surface area (Å²) in [5.41, 5.74) is 6.70. The van der Waals surface area contributed by atoms with E-state index in [0.717, 1.165) is 32.8 Å². The zero-order valence-electron chi connectivity index (χ0n) is 12.3. The van der Waals surface area contributed by atoms with E-state index in [0.29, 0.717) is 17.8 Å². The highest BCUT2D eigenvalue weighted by Gasteiger charge is 2.09. The number of amides is 1. The number of ether oxygens (including phenoxy) is 1. The molecule has 1 aliphatic heterocycles. The molecule has 1 aliphatic rings. The maximum atomic E-state index is 11.7. The van der Waals surface area contributed by atoms with E-state index in [1.807, 2.05) is 0 Å². The van der Waals surface area contributed by atoms with E-state index < -0.39 is 0 Å². The summed E-state index contributed by atoms with van der Waals surface area (Å²) in [6.45, 7) is 4.72. The van der Waals surface area contributed by atoms with Crippen LogP contribution in [0.1, 0.15) is 5.56 Å². The highest BCUT2D eigenvalue weighted by Crippen LogP contribution is 2.20. The number of nitrogens with zero attached hydrogens (tertiary/aromatic N) is 1. The topological polar surface area (TPSA) is 87.8 Å². The van der Waals surface area contributed by atoms with Crippen molar-refractivity contribution in [3.05, 3.63) is 29.8 Å². The maximum absolute atomic E-state index is 11.7. The Balaban J connectivity index is 0.00000242. The molecule has 7 heteroatoms. The summed E-state index contributed by atoms with van der Waals surface area (Å²) < 4.78 is 5.26. The normalized spacial score (nSPS) is 15.5. The number of carbonyl (C=O) groups is 1. The van der Waals surface area contributed by atoms with Crippen LogP contribution in [0.2, 0.25) is 0 Å². The number of phenols is 1. The number of halogens is 1.